The normalized spacial score (nSPS) is 15.3. The summed E-state index contributed by atoms with van der Waals surface area (Å²) >= 11 is 8.00. The highest BCUT2D eigenvalue weighted by Crippen LogP contribution is 2.53. The first-order chi connectivity index (χ1) is 12.9. The fourth-order valence-electron chi connectivity index (χ4n) is 2.71. The molecule has 0 saturated heterocycles. The molecule has 1 aromatic rings. The molecule has 0 aliphatic carbocycles. The maximum atomic E-state index is 12.6. The molecule has 0 atom stereocenters. The Bertz CT molecular complexity index is 708. The van der Waals surface area contributed by atoms with Crippen molar-refractivity contribution in [2.24, 2.45) is 0 Å². The maximum absolute atomic E-state index is 12.6. The quantitative estimate of drug-likeness (QED) is 0.215. The second-order valence-electron chi connectivity index (χ2n) is 7.62. The second-order valence-corrected chi connectivity index (χ2v) is 10.2. The van der Waals surface area contributed by atoms with Crippen molar-refractivity contribution in [1.82, 2.24) is 5.32 Å². The summed E-state index contributed by atoms with van der Waals surface area (Å²) in [5, 5.41) is 2.97. The second kappa shape index (κ2) is 10.5. The summed E-state index contributed by atoms with van der Waals surface area (Å²) in [4.78, 5) is 14.9. The van der Waals surface area contributed by atoms with Crippen molar-refractivity contribution in [3.05, 3.63) is 33.8 Å². The largest absolute Gasteiger partial charge is 0.446 e. The molecule has 0 spiro atoms. The zero-order valence-electron chi connectivity index (χ0n) is 16.6. The SMILES string of the molecule is CCCCCCCNC(=O)/C(OC=S)=C1\Sc2ccc(C(C)(C)C)cc2S1. The summed E-state index contributed by atoms with van der Waals surface area (Å²) < 4.78 is 6.28. The standard InChI is InChI=1S/C21H29NO2S3/c1-5-6-7-8-9-12-22-19(23)18(24-14-25)20-26-16-11-10-15(21(2,3)4)13-17(16)27-20/h10-11,13-14H,5-9,12H2,1-4H3,(H,22,23)/b20-18-. The third-order valence-corrected chi connectivity index (χ3v) is 6.94. The van der Waals surface area contributed by atoms with Gasteiger partial charge in [-0.25, -0.2) is 0 Å². The maximum Gasteiger partial charge on any atom is 0.288 e. The van der Waals surface area contributed by atoms with Crippen LogP contribution >= 0.6 is 35.7 Å². The highest BCUT2D eigenvalue weighted by atomic mass is 32.2. The highest BCUT2D eigenvalue weighted by molar-refractivity contribution is 8.24. The number of ether oxygens (including phenoxy) is 1. The van der Waals surface area contributed by atoms with E-state index >= 15 is 0 Å². The van der Waals surface area contributed by atoms with Gasteiger partial charge in [0.05, 0.1) is 4.24 Å². The van der Waals surface area contributed by atoms with Crippen LogP contribution < -0.4 is 5.32 Å². The molecule has 27 heavy (non-hydrogen) atoms. The summed E-state index contributed by atoms with van der Waals surface area (Å²) in [6.07, 6.45) is 5.81. The van der Waals surface area contributed by atoms with Gasteiger partial charge in [-0.05, 0) is 41.7 Å². The predicted octanol–water partition coefficient (Wildman–Crippen LogP) is 6.41. The molecule has 1 N–H and O–H groups in total. The monoisotopic (exact) mass is 423 g/mol. The Morgan fingerprint density at radius 3 is 2.52 bits per heavy atom. The van der Waals surface area contributed by atoms with Crippen LogP contribution in [0.25, 0.3) is 0 Å². The molecule has 1 aromatic carbocycles. The van der Waals surface area contributed by atoms with Gasteiger partial charge < -0.3 is 10.1 Å². The van der Waals surface area contributed by atoms with Gasteiger partial charge in [0, 0.05) is 16.3 Å². The Kier molecular flexibility index (Phi) is 8.70. The number of amides is 1. The first-order valence-corrected chi connectivity index (χ1v) is 11.6. The minimum absolute atomic E-state index is 0.0929. The number of unbranched alkanes of at least 4 members (excludes halogenated alkanes) is 4. The van der Waals surface area contributed by atoms with Gasteiger partial charge in [-0.15, -0.1) is 0 Å². The Labute approximate surface area is 177 Å². The van der Waals surface area contributed by atoms with Gasteiger partial charge in [0.25, 0.3) is 5.91 Å². The number of benzene rings is 1. The van der Waals surface area contributed by atoms with E-state index in [-0.39, 0.29) is 11.3 Å². The number of thioether (sulfide) groups is 2. The van der Waals surface area contributed by atoms with E-state index in [4.69, 9.17) is 17.0 Å². The van der Waals surface area contributed by atoms with Crippen molar-refractivity contribution in [3.8, 4) is 0 Å². The molecule has 0 saturated carbocycles. The number of hydrogen-bond donors (Lipinski definition) is 1. The molecule has 1 heterocycles. The summed E-state index contributed by atoms with van der Waals surface area (Å²) in [6.45, 7) is 9.46. The van der Waals surface area contributed by atoms with Crippen LogP contribution in [0.15, 0.2) is 38.0 Å². The summed E-state index contributed by atoms with van der Waals surface area (Å²) in [7, 11) is 0. The summed E-state index contributed by atoms with van der Waals surface area (Å²) in [5.41, 5.74) is 2.54. The van der Waals surface area contributed by atoms with E-state index in [0.717, 1.165) is 27.5 Å². The topological polar surface area (TPSA) is 38.3 Å². The Morgan fingerprint density at radius 1 is 1.15 bits per heavy atom. The van der Waals surface area contributed by atoms with Gasteiger partial charge in [0.15, 0.2) is 5.55 Å². The van der Waals surface area contributed by atoms with Crippen molar-refractivity contribution in [2.45, 2.75) is 75.0 Å². The van der Waals surface area contributed by atoms with E-state index < -0.39 is 0 Å². The number of carbonyl (C=O) groups excluding carboxylic acids is 1. The zero-order valence-corrected chi connectivity index (χ0v) is 19.0. The molecular weight excluding hydrogens is 394 g/mol. The van der Waals surface area contributed by atoms with Crippen LogP contribution in [0.3, 0.4) is 0 Å². The molecular formula is C21H29NO2S3. The Balaban J connectivity index is 2.05. The molecule has 6 heteroatoms. The third kappa shape index (κ3) is 6.54. The lowest BCUT2D eigenvalue weighted by atomic mass is 9.87. The van der Waals surface area contributed by atoms with Gasteiger partial charge in [-0.3, -0.25) is 4.79 Å². The Hall–Kier alpha value is -0.980. The number of thiocarbonyl (C=S) groups is 1. The van der Waals surface area contributed by atoms with Gasteiger partial charge in [-0.1, -0.05) is 83.0 Å². The van der Waals surface area contributed by atoms with Gasteiger partial charge in [0.2, 0.25) is 5.76 Å². The molecule has 0 unspecified atom stereocenters. The molecule has 3 nitrogen and oxygen atoms in total. The van der Waals surface area contributed by atoms with Crippen molar-refractivity contribution in [3.63, 3.8) is 0 Å². The van der Waals surface area contributed by atoms with Crippen LogP contribution in [-0.4, -0.2) is 18.0 Å². The van der Waals surface area contributed by atoms with Gasteiger partial charge in [0.1, 0.15) is 0 Å². The smallest absolute Gasteiger partial charge is 0.288 e. The Morgan fingerprint density at radius 2 is 1.85 bits per heavy atom. The summed E-state index contributed by atoms with van der Waals surface area (Å²) in [5.74, 6) is 0.118. The van der Waals surface area contributed by atoms with Gasteiger partial charge >= 0.3 is 0 Å². The van der Waals surface area contributed by atoms with Crippen LogP contribution in [0.2, 0.25) is 0 Å². The summed E-state index contributed by atoms with van der Waals surface area (Å²) in [6, 6.07) is 6.49. The number of nitrogens with one attached hydrogen (secondary N) is 1. The van der Waals surface area contributed by atoms with Crippen molar-refractivity contribution in [2.75, 3.05) is 6.54 Å². The molecule has 2 rings (SSSR count). The molecule has 1 aliphatic rings. The molecule has 0 bridgehead atoms. The first-order valence-electron chi connectivity index (χ1n) is 9.49. The van der Waals surface area contributed by atoms with Crippen LogP contribution in [0.4, 0.5) is 0 Å². The van der Waals surface area contributed by atoms with Crippen molar-refractivity contribution >= 4 is 47.2 Å². The minimum Gasteiger partial charge on any atom is -0.446 e. The highest BCUT2D eigenvalue weighted by Gasteiger charge is 2.27. The number of carbonyl (C=O) groups is 1. The molecule has 1 amide bonds. The predicted molar refractivity (Wildman–Crippen MR) is 120 cm³/mol. The van der Waals surface area contributed by atoms with E-state index in [1.54, 1.807) is 23.5 Å². The fraction of sp³-hybridized carbons (Fsp3) is 0.524. The van der Waals surface area contributed by atoms with E-state index in [9.17, 15) is 4.79 Å². The number of fused-ring (bicyclic) bond motifs is 1. The molecule has 148 valence electrons. The lowest BCUT2D eigenvalue weighted by molar-refractivity contribution is -0.119. The third-order valence-electron chi connectivity index (χ3n) is 4.34. The van der Waals surface area contributed by atoms with E-state index in [1.165, 1.54) is 29.7 Å². The van der Waals surface area contributed by atoms with Crippen LogP contribution in [-0.2, 0) is 14.9 Å². The van der Waals surface area contributed by atoms with Crippen LogP contribution in [0.1, 0.15) is 65.4 Å². The molecule has 0 aromatic heterocycles. The van der Waals surface area contributed by atoms with E-state index in [2.05, 4.69) is 51.2 Å². The number of rotatable bonds is 9. The van der Waals surface area contributed by atoms with Crippen LogP contribution in [0.5, 0.6) is 0 Å². The minimum atomic E-state index is -0.189. The average Bonchev–Trinajstić information content (AvgIpc) is 3.04. The lowest BCUT2D eigenvalue weighted by Gasteiger charge is -2.19. The fourth-order valence-corrected chi connectivity index (χ4v) is 5.27. The van der Waals surface area contributed by atoms with Crippen LogP contribution in [0, 0.1) is 0 Å². The lowest BCUT2D eigenvalue weighted by Crippen LogP contribution is -2.27. The van der Waals surface area contributed by atoms with Gasteiger partial charge in [-0.2, -0.15) is 0 Å². The number of hydrogen-bond acceptors (Lipinski definition) is 5. The molecule has 1 aliphatic heterocycles. The molecule has 0 radical (unpaired) electrons. The molecule has 0 fully saturated rings. The van der Waals surface area contributed by atoms with E-state index in [1.807, 2.05) is 0 Å². The van der Waals surface area contributed by atoms with Crippen molar-refractivity contribution < 1.29 is 9.53 Å². The average molecular weight is 424 g/mol. The van der Waals surface area contributed by atoms with Crippen molar-refractivity contribution in [1.29, 1.82) is 0 Å². The zero-order chi connectivity index (χ0) is 19.9. The van der Waals surface area contributed by atoms with E-state index in [0.29, 0.717) is 12.3 Å². The first kappa shape index (κ1) is 22.3.